The zero-order chi connectivity index (χ0) is 13.8. The van der Waals surface area contributed by atoms with Crippen LogP contribution in [0.3, 0.4) is 0 Å². The zero-order valence-electron chi connectivity index (χ0n) is 11.0. The van der Waals surface area contributed by atoms with E-state index >= 15 is 0 Å². The fourth-order valence-electron chi connectivity index (χ4n) is 2.07. The molecule has 0 radical (unpaired) electrons. The third-order valence-electron chi connectivity index (χ3n) is 3.07. The van der Waals surface area contributed by atoms with Gasteiger partial charge in [0, 0.05) is 0 Å². The van der Waals surface area contributed by atoms with E-state index < -0.39 is 0 Å². The number of hydrogen-bond acceptors (Lipinski definition) is 1. The van der Waals surface area contributed by atoms with Crippen molar-refractivity contribution >= 4 is 17.3 Å². The smallest absolute Gasteiger partial charge is 0.124 e. The molecule has 0 aliphatic heterocycles. The van der Waals surface area contributed by atoms with E-state index in [1.54, 1.807) is 6.07 Å². The minimum Gasteiger partial charge on any atom is -0.377 e. The van der Waals surface area contributed by atoms with Crippen LogP contribution in [0.15, 0.2) is 48.5 Å². The van der Waals surface area contributed by atoms with Crippen molar-refractivity contribution in [2.24, 2.45) is 5.92 Å². The second-order valence-electron chi connectivity index (χ2n) is 4.90. The summed E-state index contributed by atoms with van der Waals surface area (Å²) >= 11 is 6.06. The van der Waals surface area contributed by atoms with Gasteiger partial charge in [-0.15, -0.1) is 0 Å². The first-order valence-electron chi connectivity index (χ1n) is 6.34. The summed E-state index contributed by atoms with van der Waals surface area (Å²) in [5.41, 5.74) is 1.95. The summed E-state index contributed by atoms with van der Waals surface area (Å²) in [6.45, 7) is 4.28. The Morgan fingerprint density at radius 1 is 1.05 bits per heavy atom. The number of anilines is 1. The molecule has 0 spiro atoms. The average Bonchev–Trinajstić information content (AvgIpc) is 2.38. The first-order valence-corrected chi connectivity index (χ1v) is 6.72. The standard InChI is InChI=1S/C16H17ClFN/c1-11(2)16(12-6-4-3-5-7-12)19-15-9-8-13(18)10-14(15)17/h3-11,16,19H,1-2H3. The Labute approximate surface area is 118 Å². The quantitative estimate of drug-likeness (QED) is 0.801. The van der Waals surface area contributed by atoms with E-state index in [-0.39, 0.29) is 11.9 Å². The molecular formula is C16H17ClFN. The molecule has 3 heteroatoms. The molecule has 0 fully saturated rings. The average molecular weight is 278 g/mol. The van der Waals surface area contributed by atoms with Gasteiger partial charge in [-0.05, 0) is 29.7 Å². The molecule has 2 aromatic rings. The Morgan fingerprint density at radius 2 is 1.74 bits per heavy atom. The van der Waals surface area contributed by atoms with Gasteiger partial charge in [-0.2, -0.15) is 0 Å². The predicted molar refractivity (Wildman–Crippen MR) is 79.1 cm³/mol. The summed E-state index contributed by atoms with van der Waals surface area (Å²) in [4.78, 5) is 0. The molecule has 1 unspecified atom stereocenters. The molecule has 0 aromatic heterocycles. The highest BCUT2D eigenvalue weighted by molar-refractivity contribution is 6.33. The van der Waals surface area contributed by atoms with Crippen LogP contribution in [-0.4, -0.2) is 0 Å². The third kappa shape index (κ3) is 3.48. The first kappa shape index (κ1) is 13.9. The minimum atomic E-state index is -0.323. The van der Waals surface area contributed by atoms with Crippen LogP contribution in [0.25, 0.3) is 0 Å². The van der Waals surface area contributed by atoms with Gasteiger partial charge in [0.05, 0.1) is 16.8 Å². The van der Waals surface area contributed by atoms with E-state index in [1.165, 1.54) is 17.7 Å². The lowest BCUT2D eigenvalue weighted by Crippen LogP contribution is -2.17. The maximum atomic E-state index is 13.1. The summed E-state index contributed by atoms with van der Waals surface area (Å²) in [6.07, 6.45) is 0. The van der Waals surface area contributed by atoms with E-state index in [4.69, 9.17) is 11.6 Å². The first-order chi connectivity index (χ1) is 9.08. The van der Waals surface area contributed by atoms with Gasteiger partial charge < -0.3 is 5.32 Å². The fourth-order valence-corrected chi connectivity index (χ4v) is 2.29. The zero-order valence-corrected chi connectivity index (χ0v) is 11.8. The van der Waals surface area contributed by atoms with E-state index in [9.17, 15) is 4.39 Å². The third-order valence-corrected chi connectivity index (χ3v) is 3.38. The maximum Gasteiger partial charge on any atom is 0.124 e. The number of halogens is 2. The van der Waals surface area contributed by atoms with Gasteiger partial charge in [0.2, 0.25) is 0 Å². The van der Waals surface area contributed by atoms with Crippen LogP contribution in [0.1, 0.15) is 25.5 Å². The molecule has 2 rings (SSSR count). The highest BCUT2D eigenvalue weighted by Gasteiger charge is 2.16. The van der Waals surface area contributed by atoms with Crippen molar-refractivity contribution < 1.29 is 4.39 Å². The van der Waals surface area contributed by atoms with Crippen LogP contribution in [0.2, 0.25) is 5.02 Å². The molecule has 1 nitrogen and oxygen atoms in total. The van der Waals surface area contributed by atoms with Crippen LogP contribution in [-0.2, 0) is 0 Å². The fraction of sp³-hybridized carbons (Fsp3) is 0.250. The molecule has 0 aliphatic carbocycles. The van der Waals surface area contributed by atoms with Crippen LogP contribution >= 0.6 is 11.6 Å². The molecule has 0 bridgehead atoms. The van der Waals surface area contributed by atoms with Gasteiger partial charge in [-0.3, -0.25) is 0 Å². The second-order valence-corrected chi connectivity index (χ2v) is 5.31. The monoisotopic (exact) mass is 277 g/mol. The van der Waals surface area contributed by atoms with Crippen molar-refractivity contribution in [2.45, 2.75) is 19.9 Å². The highest BCUT2D eigenvalue weighted by atomic mass is 35.5. The Bertz CT molecular complexity index is 540. The molecule has 100 valence electrons. The molecule has 0 amide bonds. The van der Waals surface area contributed by atoms with Gasteiger partial charge in [-0.25, -0.2) is 4.39 Å². The van der Waals surface area contributed by atoms with Crippen molar-refractivity contribution in [1.29, 1.82) is 0 Å². The Balaban J connectivity index is 2.27. The highest BCUT2D eigenvalue weighted by Crippen LogP contribution is 2.30. The molecule has 1 N–H and O–H groups in total. The second kappa shape index (κ2) is 6.07. The van der Waals surface area contributed by atoms with Crippen molar-refractivity contribution in [3.63, 3.8) is 0 Å². The summed E-state index contributed by atoms with van der Waals surface area (Å²) in [5, 5.41) is 3.80. The lowest BCUT2D eigenvalue weighted by Gasteiger charge is -2.24. The van der Waals surface area contributed by atoms with Crippen molar-refractivity contribution in [2.75, 3.05) is 5.32 Å². The van der Waals surface area contributed by atoms with Gasteiger partial charge in [0.15, 0.2) is 0 Å². The number of benzene rings is 2. The maximum absolute atomic E-state index is 13.1. The molecule has 0 aliphatic rings. The minimum absolute atomic E-state index is 0.143. The van der Waals surface area contributed by atoms with Gasteiger partial charge >= 0.3 is 0 Å². The van der Waals surface area contributed by atoms with Crippen LogP contribution in [0.5, 0.6) is 0 Å². The SMILES string of the molecule is CC(C)C(Nc1ccc(F)cc1Cl)c1ccccc1. The molecule has 1 atom stereocenters. The largest absolute Gasteiger partial charge is 0.377 e. The molecular weight excluding hydrogens is 261 g/mol. The van der Waals surface area contributed by atoms with Gasteiger partial charge in [0.25, 0.3) is 0 Å². The van der Waals surface area contributed by atoms with Crippen molar-refractivity contribution in [3.05, 3.63) is 64.9 Å². The van der Waals surface area contributed by atoms with Crippen LogP contribution in [0, 0.1) is 11.7 Å². The Morgan fingerprint density at radius 3 is 2.32 bits per heavy atom. The van der Waals surface area contributed by atoms with E-state index in [0.29, 0.717) is 10.9 Å². The van der Waals surface area contributed by atoms with E-state index in [0.717, 1.165) is 5.69 Å². The van der Waals surface area contributed by atoms with E-state index in [2.05, 4.69) is 31.3 Å². The molecule has 0 heterocycles. The van der Waals surface area contributed by atoms with E-state index in [1.807, 2.05) is 18.2 Å². The van der Waals surface area contributed by atoms with Crippen molar-refractivity contribution in [1.82, 2.24) is 0 Å². The lowest BCUT2D eigenvalue weighted by molar-refractivity contribution is 0.546. The summed E-state index contributed by atoms with van der Waals surface area (Å²) in [6, 6.07) is 14.7. The van der Waals surface area contributed by atoms with Gasteiger partial charge in [-0.1, -0.05) is 55.8 Å². The normalized spacial score (nSPS) is 12.5. The number of rotatable bonds is 4. The van der Waals surface area contributed by atoms with Crippen LogP contribution in [0.4, 0.5) is 10.1 Å². The molecule has 19 heavy (non-hydrogen) atoms. The summed E-state index contributed by atoms with van der Waals surface area (Å²) in [7, 11) is 0. The van der Waals surface area contributed by atoms with Crippen LogP contribution < -0.4 is 5.32 Å². The van der Waals surface area contributed by atoms with Gasteiger partial charge in [0.1, 0.15) is 5.82 Å². The lowest BCUT2D eigenvalue weighted by atomic mass is 9.96. The molecule has 0 saturated heterocycles. The Hall–Kier alpha value is -1.54. The number of hydrogen-bond donors (Lipinski definition) is 1. The number of nitrogens with one attached hydrogen (secondary N) is 1. The molecule has 2 aromatic carbocycles. The topological polar surface area (TPSA) is 12.0 Å². The predicted octanol–water partition coefficient (Wildman–Crippen LogP) is 5.29. The molecule has 0 saturated carbocycles. The van der Waals surface area contributed by atoms with Crippen molar-refractivity contribution in [3.8, 4) is 0 Å². The Kier molecular flexibility index (Phi) is 4.43. The summed E-state index contributed by atoms with van der Waals surface area (Å²) in [5.74, 6) is 0.0693. The summed E-state index contributed by atoms with van der Waals surface area (Å²) < 4.78 is 13.1.